The van der Waals surface area contributed by atoms with E-state index in [-0.39, 0.29) is 18.1 Å². The molecule has 0 fully saturated rings. The van der Waals surface area contributed by atoms with Gasteiger partial charge in [-0.2, -0.15) is 0 Å². The van der Waals surface area contributed by atoms with E-state index in [1.807, 2.05) is 19.9 Å². The highest BCUT2D eigenvalue weighted by molar-refractivity contribution is 7.12. The topological polar surface area (TPSA) is 69.4 Å². The summed E-state index contributed by atoms with van der Waals surface area (Å²) in [7, 11) is 0. The van der Waals surface area contributed by atoms with Crippen LogP contribution in [-0.2, 0) is 0 Å². The van der Waals surface area contributed by atoms with Crippen molar-refractivity contribution in [3.05, 3.63) is 55.3 Å². The van der Waals surface area contributed by atoms with Crippen LogP contribution in [0.25, 0.3) is 0 Å². The Labute approximate surface area is 126 Å². The Morgan fingerprint density at radius 3 is 2.52 bits per heavy atom. The van der Waals surface area contributed by atoms with Gasteiger partial charge in [-0.3, -0.25) is 14.9 Å². The minimum absolute atomic E-state index is 0.00970. The molecule has 0 saturated carbocycles. The number of benzene rings is 1. The van der Waals surface area contributed by atoms with Gasteiger partial charge in [-0.05, 0) is 38.5 Å². The van der Waals surface area contributed by atoms with E-state index in [0.717, 1.165) is 9.75 Å². The fourth-order valence-electron chi connectivity index (χ4n) is 2.04. The van der Waals surface area contributed by atoms with Gasteiger partial charge in [0.25, 0.3) is 5.69 Å². The first-order valence-electron chi connectivity index (χ1n) is 6.36. The number of nitro benzene ring substituents is 1. The number of ketones is 1. The van der Waals surface area contributed by atoms with Crippen LogP contribution in [-0.4, -0.2) is 17.3 Å². The van der Waals surface area contributed by atoms with Gasteiger partial charge in [0.15, 0.2) is 6.61 Å². The SMILES string of the molecule is Cc1cc(C(=O)COc2ccc([N+](=O)[O-])cc2C)c(C)s1. The second-order valence-electron chi connectivity index (χ2n) is 4.75. The van der Waals surface area contributed by atoms with Crippen molar-refractivity contribution in [2.24, 2.45) is 0 Å². The first kappa shape index (κ1) is 15.2. The Balaban J connectivity index is 2.08. The smallest absolute Gasteiger partial charge is 0.269 e. The zero-order chi connectivity index (χ0) is 15.6. The summed E-state index contributed by atoms with van der Waals surface area (Å²) in [6, 6.07) is 6.17. The van der Waals surface area contributed by atoms with E-state index in [9.17, 15) is 14.9 Å². The Bertz CT molecular complexity index is 706. The van der Waals surface area contributed by atoms with E-state index in [1.54, 1.807) is 18.3 Å². The summed E-state index contributed by atoms with van der Waals surface area (Å²) in [5.41, 5.74) is 1.32. The minimum atomic E-state index is -0.459. The molecule has 110 valence electrons. The van der Waals surface area contributed by atoms with Crippen molar-refractivity contribution in [2.45, 2.75) is 20.8 Å². The number of ether oxygens (including phenoxy) is 1. The summed E-state index contributed by atoms with van der Waals surface area (Å²) in [5, 5.41) is 10.7. The van der Waals surface area contributed by atoms with Gasteiger partial charge in [-0.1, -0.05) is 0 Å². The second kappa shape index (κ2) is 6.05. The third-order valence-electron chi connectivity index (χ3n) is 3.07. The lowest BCUT2D eigenvalue weighted by atomic mass is 10.1. The van der Waals surface area contributed by atoms with Crippen LogP contribution in [0.3, 0.4) is 0 Å². The summed E-state index contributed by atoms with van der Waals surface area (Å²) >= 11 is 1.58. The average Bonchev–Trinajstić information content (AvgIpc) is 2.75. The molecule has 1 aromatic carbocycles. The fourth-order valence-corrected chi connectivity index (χ4v) is 2.98. The summed E-state index contributed by atoms with van der Waals surface area (Å²) in [4.78, 5) is 24.4. The number of rotatable bonds is 5. The van der Waals surface area contributed by atoms with E-state index >= 15 is 0 Å². The lowest BCUT2D eigenvalue weighted by Crippen LogP contribution is -2.12. The van der Waals surface area contributed by atoms with Crippen LogP contribution in [0.5, 0.6) is 5.75 Å². The summed E-state index contributed by atoms with van der Waals surface area (Å²) < 4.78 is 5.48. The number of aryl methyl sites for hydroxylation is 3. The van der Waals surface area contributed by atoms with E-state index in [1.165, 1.54) is 18.2 Å². The molecular weight excluding hydrogens is 290 g/mol. The highest BCUT2D eigenvalue weighted by atomic mass is 32.1. The molecule has 0 aliphatic heterocycles. The number of Topliss-reactive ketones (excluding diaryl/α,β-unsaturated/α-hetero) is 1. The maximum Gasteiger partial charge on any atom is 0.269 e. The first-order chi connectivity index (χ1) is 9.88. The van der Waals surface area contributed by atoms with Gasteiger partial charge in [0.05, 0.1) is 4.92 Å². The molecule has 0 spiro atoms. The zero-order valence-corrected chi connectivity index (χ0v) is 12.8. The van der Waals surface area contributed by atoms with E-state index in [4.69, 9.17) is 4.74 Å². The first-order valence-corrected chi connectivity index (χ1v) is 7.18. The predicted molar refractivity (Wildman–Crippen MR) is 81.5 cm³/mol. The normalized spacial score (nSPS) is 10.4. The van der Waals surface area contributed by atoms with Crippen LogP contribution in [0.4, 0.5) is 5.69 Å². The van der Waals surface area contributed by atoms with Crippen LogP contribution in [0.1, 0.15) is 25.7 Å². The second-order valence-corrected chi connectivity index (χ2v) is 6.21. The minimum Gasteiger partial charge on any atom is -0.485 e. The Hall–Kier alpha value is -2.21. The molecule has 0 aliphatic rings. The molecule has 5 nitrogen and oxygen atoms in total. The number of hydrogen-bond donors (Lipinski definition) is 0. The van der Waals surface area contributed by atoms with Crippen molar-refractivity contribution in [3.8, 4) is 5.75 Å². The van der Waals surface area contributed by atoms with E-state index in [0.29, 0.717) is 16.9 Å². The van der Waals surface area contributed by atoms with E-state index < -0.39 is 4.92 Å². The third-order valence-corrected chi connectivity index (χ3v) is 4.04. The quantitative estimate of drug-likeness (QED) is 0.478. The van der Waals surface area contributed by atoms with Gasteiger partial charge < -0.3 is 4.74 Å². The number of nitro groups is 1. The summed E-state index contributed by atoms with van der Waals surface area (Å²) in [5.74, 6) is 0.396. The van der Waals surface area contributed by atoms with Gasteiger partial charge >= 0.3 is 0 Å². The fraction of sp³-hybridized carbons (Fsp3) is 0.267. The molecule has 1 aromatic heterocycles. The number of thiophene rings is 1. The molecule has 6 heteroatoms. The number of hydrogen-bond acceptors (Lipinski definition) is 5. The molecule has 0 amide bonds. The van der Waals surface area contributed by atoms with Crippen molar-refractivity contribution in [1.82, 2.24) is 0 Å². The molecule has 0 aliphatic carbocycles. The van der Waals surface area contributed by atoms with Crippen molar-refractivity contribution in [3.63, 3.8) is 0 Å². The van der Waals surface area contributed by atoms with Crippen molar-refractivity contribution < 1.29 is 14.5 Å². The van der Waals surface area contributed by atoms with E-state index in [2.05, 4.69) is 0 Å². The maximum absolute atomic E-state index is 12.1. The van der Waals surface area contributed by atoms with Crippen LogP contribution in [0.15, 0.2) is 24.3 Å². The summed E-state index contributed by atoms with van der Waals surface area (Å²) in [6.45, 7) is 5.50. The number of non-ortho nitro benzene ring substituents is 1. The Morgan fingerprint density at radius 2 is 2.00 bits per heavy atom. The largest absolute Gasteiger partial charge is 0.485 e. The Morgan fingerprint density at radius 1 is 1.29 bits per heavy atom. The maximum atomic E-state index is 12.1. The molecule has 2 rings (SSSR count). The number of carbonyl (C=O) groups is 1. The predicted octanol–water partition coefficient (Wildman–Crippen LogP) is 3.84. The molecule has 0 atom stereocenters. The van der Waals surface area contributed by atoms with Crippen molar-refractivity contribution in [2.75, 3.05) is 6.61 Å². The highest BCUT2D eigenvalue weighted by Crippen LogP contribution is 2.24. The monoisotopic (exact) mass is 305 g/mol. The molecule has 2 aromatic rings. The van der Waals surface area contributed by atoms with Crippen molar-refractivity contribution >= 4 is 22.8 Å². The molecule has 0 radical (unpaired) electrons. The third kappa shape index (κ3) is 3.46. The lowest BCUT2D eigenvalue weighted by Gasteiger charge is -2.08. The molecule has 21 heavy (non-hydrogen) atoms. The van der Waals surface area contributed by atoms with Crippen LogP contribution < -0.4 is 4.74 Å². The molecule has 1 heterocycles. The molecule has 0 bridgehead atoms. The highest BCUT2D eigenvalue weighted by Gasteiger charge is 2.14. The van der Waals surface area contributed by atoms with Gasteiger partial charge in [-0.15, -0.1) is 11.3 Å². The van der Waals surface area contributed by atoms with Crippen LogP contribution >= 0.6 is 11.3 Å². The van der Waals surface area contributed by atoms with Gasteiger partial charge in [0.2, 0.25) is 5.78 Å². The van der Waals surface area contributed by atoms with Crippen LogP contribution in [0, 0.1) is 30.9 Å². The molecular formula is C15H15NO4S. The lowest BCUT2D eigenvalue weighted by molar-refractivity contribution is -0.384. The number of nitrogens with zero attached hydrogens (tertiary/aromatic N) is 1. The van der Waals surface area contributed by atoms with Crippen molar-refractivity contribution in [1.29, 1.82) is 0 Å². The summed E-state index contributed by atoms with van der Waals surface area (Å²) in [6.07, 6.45) is 0. The van der Waals surface area contributed by atoms with Crippen LogP contribution in [0.2, 0.25) is 0 Å². The number of carbonyl (C=O) groups excluding carboxylic acids is 1. The van der Waals surface area contributed by atoms with Gasteiger partial charge in [0.1, 0.15) is 5.75 Å². The standard InChI is InChI=1S/C15H15NO4S/c1-9-6-12(16(18)19)4-5-15(9)20-8-14(17)13-7-10(2)21-11(13)3/h4-7H,8H2,1-3H3. The molecule has 0 saturated heterocycles. The average molecular weight is 305 g/mol. The molecule has 0 unspecified atom stereocenters. The Kier molecular flexibility index (Phi) is 4.37. The zero-order valence-electron chi connectivity index (χ0n) is 12.0. The van der Waals surface area contributed by atoms with Gasteiger partial charge in [0, 0.05) is 27.5 Å². The van der Waals surface area contributed by atoms with Gasteiger partial charge in [-0.25, -0.2) is 0 Å². The molecule has 0 N–H and O–H groups in total.